The summed E-state index contributed by atoms with van der Waals surface area (Å²) in [4.78, 5) is 0. The molecule has 0 heterocycles. The Morgan fingerprint density at radius 3 is 0.822 bits per heavy atom. The lowest BCUT2D eigenvalue weighted by Crippen LogP contribution is -2.20. The van der Waals surface area contributed by atoms with Crippen molar-refractivity contribution >= 4 is 10.4 Å². The van der Waals surface area contributed by atoms with Gasteiger partial charge in [0, 0.05) is 0 Å². The Labute approximate surface area is 284 Å². The second-order valence-corrected chi connectivity index (χ2v) is 15.0. The predicted octanol–water partition coefficient (Wildman–Crippen LogP) is 14.1. The van der Waals surface area contributed by atoms with Gasteiger partial charge in [-0.3, -0.25) is 0 Å². The van der Waals surface area contributed by atoms with Gasteiger partial charge in [0.25, 0.3) is 0 Å². The molecule has 3 N–H and O–H groups in total. The molecule has 0 aliphatic heterocycles. The van der Waals surface area contributed by atoms with E-state index in [1.165, 1.54) is 193 Å². The predicted molar refractivity (Wildman–Crippen MR) is 199 cm³/mol. The van der Waals surface area contributed by atoms with Gasteiger partial charge in [0.1, 0.15) is 0 Å². The standard InChI is InChI=1S/C39H80O4S.H3N/c1-4-7-9-11-13-15-17-19-21-23-25-27-29-31-33-35-37-39(43-44(40,41)42-6-3)38-36-34-32-30-28-26-24-22-20-18-16-14-12-10-8-5-2;/h39H,4-38H2,1-3H3;1H3. The summed E-state index contributed by atoms with van der Waals surface area (Å²) in [7, 11) is -3.87. The van der Waals surface area contributed by atoms with Gasteiger partial charge in [0.05, 0.1) is 12.7 Å². The van der Waals surface area contributed by atoms with Gasteiger partial charge < -0.3 is 6.15 Å². The highest BCUT2D eigenvalue weighted by Gasteiger charge is 2.19. The van der Waals surface area contributed by atoms with E-state index in [9.17, 15) is 8.42 Å². The minimum absolute atomic E-state index is 0. The lowest BCUT2D eigenvalue weighted by atomic mass is 10.0. The Bertz CT molecular complexity index is 607. The van der Waals surface area contributed by atoms with Gasteiger partial charge >= 0.3 is 10.4 Å². The van der Waals surface area contributed by atoms with Gasteiger partial charge in [0.15, 0.2) is 0 Å². The Morgan fingerprint density at radius 1 is 0.378 bits per heavy atom. The van der Waals surface area contributed by atoms with Crippen LogP contribution in [0.4, 0.5) is 0 Å². The molecule has 0 bridgehead atoms. The van der Waals surface area contributed by atoms with E-state index in [1.807, 2.05) is 0 Å². The largest absolute Gasteiger partial charge is 0.400 e. The van der Waals surface area contributed by atoms with E-state index in [4.69, 9.17) is 8.37 Å². The average molecular weight is 662 g/mol. The molecule has 0 aromatic rings. The molecule has 6 heteroatoms. The number of hydrogen-bond acceptors (Lipinski definition) is 5. The van der Waals surface area contributed by atoms with Gasteiger partial charge in [-0.05, 0) is 19.8 Å². The molecule has 5 nitrogen and oxygen atoms in total. The third-order valence-electron chi connectivity index (χ3n) is 9.28. The van der Waals surface area contributed by atoms with Crippen molar-refractivity contribution in [1.29, 1.82) is 0 Å². The smallest absolute Gasteiger partial charge is 0.344 e. The van der Waals surface area contributed by atoms with E-state index >= 15 is 0 Å². The number of hydrogen-bond donors (Lipinski definition) is 1. The van der Waals surface area contributed by atoms with E-state index in [0.717, 1.165) is 25.7 Å². The topological polar surface area (TPSA) is 87.6 Å². The molecule has 0 unspecified atom stereocenters. The maximum atomic E-state index is 12.1. The molecular formula is C39H83NO4S. The van der Waals surface area contributed by atoms with Crippen molar-refractivity contribution in [2.75, 3.05) is 6.61 Å². The molecule has 0 spiro atoms. The number of rotatable bonds is 38. The Kier molecular flexibility index (Phi) is 39.9. The lowest BCUT2D eigenvalue weighted by molar-refractivity contribution is 0.140. The first-order chi connectivity index (χ1) is 21.6. The third-order valence-corrected chi connectivity index (χ3v) is 10.3. The van der Waals surface area contributed by atoms with Gasteiger partial charge in [0.2, 0.25) is 0 Å². The first kappa shape index (κ1) is 46.9. The van der Waals surface area contributed by atoms with Crippen molar-refractivity contribution in [1.82, 2.24) is 6.15 Å². The molecule has 45 heavy (non-hydrogen) atoms. The van der Waals surface area contributed by atoms with Crippen molar-refractivity contribution in [3.63, 3.8) is 0 Å². The monoisotopic (exact) mass is 662 g/mol. The Morgan fingerprint density at radius 2 is 0.600 bits per heavy atom. The maximum absolute atomic E-state index is 12.1. The molecule has 0 saturated carbocycles. The number of unbranched alkanes of at least 4 members (excludes halogenated alkanes) is 30. The second kappa shape index (κ2) is 38.3. The summed E-state index contributed by atoms with van der Waals surface area (Å²) in [5, 5.41) is 0. The van der Waals surface area contributed by atoms with Crippen molar-refractivity contribution in [2.24, 2.45) is 0 Å². The van der Waals surface area contributed by atoms with Crippen molar-refractivity contribution < 1.29 is 16.8 Å². The normalized spacial score (nSPS) is 11.8. The van der Waals surface area contributed by atoms with Crippen LogP contribution in [0.2, 0.25) is 0 Å². The quantitative estimate of drug-likeness (QED) is 0.0665. The summed E-state index contributed by atoms with van der Waals surface area (Å²) in [5.41, 5.74) is 0. The third kappa shape index (κ3) is 38.2. The highest BCUT2D eigenvalue weighted by molar-refractivity contribution is 7.81. The van der Waals surface area contributed by atoms with Gasteiger partial charge in [-0.1, -0.05) is 219 Å². The molecule has 0 aromatic heterocycles. The molecule has 0 radical (unpaired) electrons. The molecule has 274 valence electrons. The summed E-state index contributed by atoms with van der Waals surface area (Å²) in [5.74, 6) is 0. The van der Waals surface area contributed by atoms with E-state index in [0.29, 0.717) is 0 Å². The van der Waals surface area contributed by atoms with Crippen LogP contribution in [0.3, 0.4) is 0 Å². The molecule has 0 aromatic carbocycles. The Hall–Kier alpha value is -0.170. The van der Waals surface area contributed by atoms with E-state index in [2.05, 4.69) is 13.8 Å². The molecule has 0 saturated heterocycles. The van der Waals surface area contributed by atoms with Crippen LogP contribution >= 0.6 is 0 Å². The summed E-state index contributed by atoms with van der Waals surface area (Å²) in [6.07, 6.45) is 44.6. The van der Waals surface area contributed by atoms with Crippen molar-refractivity contribution in [3.8, 4) is 0 Å². The lowest BCUT2D eigenvalue weighted by Gasteiger charge is -2.17. The minimum Gasteiger partial charge on any atom is -0.344 e. The van der Waals surface area contributed by atoms with Crippen LogP contribution in [0.1, 0.15) is 239 Å². The highest BCUT2D eigenvalue weighted by Crippen LogP contribution is 2.20. The molecule has 0 amide bonds. The van der Waals surface area contributed by atoms with Crippen molar-refractivity contribution in [2.45, 2.75) is 245 Å². The van der Waals surface area contributed by atoms with Gasteiger partial charge in [-0.25, -0.2) is 8.37 Å². The van der Waals surface area contributed by atoms with Crippen LogP contribution in [0.25, 0.3) is 0 Å². The summed E-state index contributed by atoms with van der Waals surface area (Å²) in [6.45, 7) is 6.40. The van der Waals surface area contributed by atoms with Crippen LogP contribution in [0, 0.1) is 0 Å². The Balaban J connectivity index is 0. The van der Waals surface area contributed by atoms with Gasteiger partial charge in [-0.15, -0.1) is 0 Å². The summed E-state index contributed by atoms with van der Waals surface area (Å²) >= 11 is 0. The molecule has 0 rings (SSSR count). The van der Waals surface area contributed by atoms with Crippen LogP contribution in [0.5, 0.6) is 0 Å². The highest BCUT2D eigenvalue weighted by atomic mass is 32.3. The summed E-state index contributed by atoms with van der Waals surface area (Å²) in [6, 6.07) is 0. The van der Waals surface area contributed by atoms with Crippen LogP contribution in [0.15, 0.2) is 0 Å². The zero-order chi connectivity index (χ0) is 32.2. The summed E-state index contributed by atoms with van der Waals surface area (Å²) < 4.78 is 34.6. The molecular weight excluding hydrogens is 578 g/mol. The minimum atomic E-state index is -3.87. The maximum Gasteiger partial charge on any atom is 0.400 e. The zero-order valence-electron chi connectivity index (χ0n) is 31.1. The fourth-order valence-corrected chi connectivity index (χ4v) is 7.29. The first-order valence-electron chi connectivity index (χ1n) is 20.1. The SMILES string of the molecule is CCCCCCCCCCCCCCCCCCC(CCCCCCCCCCCCCCCCCC)OS(=O)(=O)OCC.N. The fraction of sp³-hybridized carbons (Fsp3) is 1.00. The molecule has 0 aliphatic rings. The van der Waals surface area contributed by atoms with E-state index in [-0.39, 0.29) is 18.9 Å². The van der Waals surface area contributed by atoms with Crippen LogP contribution in [-0.2, 0) is 18.8 Å². The van der Waals surface area contributed by atoms with Crippen LogP contribution < -0.4 is 6.15 Å². The second-order valence-electron chi connectivity index (χ2n) is 13.7. The molecule has 0 aliphatic carbocycles. The molecule has 0 fully saturated rings. The zero-order valence-corrected chi connectivity index (χ0v) is 31.9. The van der Waals surface area contributed by atoms with Crippen molar-refractivity contribution in [3.05, 3.63) is 0 Å². The molecule has 0 atom stereocenters. The van der Waals surface area contributed by atoms with Gasteiger partial charge in [-0.2, -0.15) is 8.42 Å². The van der Waals surface area contributed by atoms with Crippen LogP contribution in [-0.4, -0.2) is 21.1 Å². The van der Waals surface area contributed by atoms with E-state index in [1.54, 1.807) is 6.92 Å². The first-order valence-corrected chi connectivity index (χ1v) is 21.5. The fourth-order valence-electron chi connectivity index (χ4n) is 6.42. The average Bonchev–Trinajstić information content (AvgIpc) is 3.00. The van der Waals surface area contributed by atoms with E-state index < -0.39 is 10.4 Å².